The molecule has 1 aromatic rings. The summed E-state index contributed by atoms with van der Waals surface area (Å²) in [6.45, 7) is 2.78. The van der Waals surface area contributed by atoms with Gasteiger partial charge in [-0.15, -0.1) is 0 Å². The number of aryl methyl sites for hydroxylation is 1. The van der Waals surface area contributed by atoms with Gasteiger partial charge in [-0.25, -0.2) is 0 Å². The Bertz CT molecular complexity index is 420. The molecule has 0 bridgehead atoms. The molecule has 4 heteroatoms. The van der Waals surface area contributed by atoms with Crippen molar-refractivity contribution in [3.8, 4) is 11.5 Å². The number of fused-ring (bicyclic) bond motifs is 1. The molecule has 0 aromatic heterocycles. The number of hydrogen-bond acceptors (Lipinski definition) is 3. The van der Waals surface area contributed by atoms with E-state index in [1.165, 1.54) is 11.1 Å². The van der Waals surface area contributed by atoms with Crippen LogP contribution in [-0.2, 0) is 12.8 Å². The molecule has 0 saturated carbocycles. The van der Waals surface area contributed by atoms with Crippen molar-refractivity contribution >= 4 is 15.9 Å². The van der Waals surface area contributed by atoms with E-state index in [2.05, 4.69) is 28.9 Å². The lowest BCUT2D eigenvalue weighted by Gasteiger charge is -2.12. The minimum atomic E-state index is 0.222. The van der Waals surface area contributed by atoms with Crippen molar-refractivity contribution in [1.29, 1.82) is 0 Å². The molecule has 1 aliphatic heterocycles. The van der Waals surface area contributed by atoms with Crippen LogP contribution in [0.3, 0.4) is 0 Å². The number of nitrogens with two attached hydrogens (primary N) is 1. The summed E-state index contributed by atoms with van der Waals surface area (Å²) in [7, 11) is 1.68. The normalized spacial score (nSPS) is 17.8. The third-order valence-corrected chi connectivity index (χ3v) is 4.02. The average molecular weight is 300 g/mol. The van der Waals surface area contributed by atoms with E-state index < -0.39 is 0 Å². The van der Waals surface area contributed by atoms with Gasteiger partial charge >= 0.3 is 0 Å². The Morgan fingerprint density at radius 2 is 2.35 bits per heavy atom. The van der Waals surface area contributed by atoms with Gasteiger partial charge in [0.05, 0.1) is 7.11 Å². The number of halogens is 1. The summed E-state index contributed by atoms with van der Waals surface area (Å²) in [5, 5.41) is 0. The van der Waals surface area contributed by atoms with Crippen molar-refractivity contribution in [3.05, 3.63) is 21.7 Å². The molecule has 0 radical (unpaired) electrons. The fraction of sp³-hybridized carbons (Fsp3) is 0.538. The van der Waals surface area contributed by atoms with Gasteiger partial charge in [0.2, 0.25) is 0 Å². The zero-order valence-corrected chi connectivity index (χ0v) is 11.8. The lowest BCUT2D eigenvalue weighted by atomic mass is 10.0. The van der Waals surface area contributed by atoms with E-state index in [1.54, 1.807) is 7.11 Å². The van der Waals surface area contributed by atoms with E-state index in [1.807, 2.05) is 0 Å². The Morgan fingerprint density at radius 3 is 3.00 bits per heavy atom. The highest BCUT2D eigenvalue weighted by molar-refractivity contribution is 9.10. The van der Waals surface area contributed by atoms with Crippen molar-refractivity contribution in [1.82, 2.24) is 0 Å². The third kappa shape index (κ3) is 2.43. The summed E-state index contributed by atoms with van der Waals surface area (Å²) >= 11 is 3.68. The second kappa shape index (κ2) is 5.27. The van der Waals surface area contributed by atoms with E-state index in [4.69, 9.17) is 15.2 Å². The van der Waals surface area contributed by atoms with Crippen molar-refractivity contribution in [3.63, 3.8) is 0 Å². The first kappa shape index (κ1) is 12.7. The van der Waals surface area contributed by atoms with Crippen LogP contribution in [0.2, 0.25) is 0 Å². The highest BCUT2D eigenvalue weighted by Crippen LogP contribution is 2.44. The maximum absolute atomic E-state index is 5.79. The van der Waals surface area contributed by atoms with Gasteiger partial charge < -0.3 is 15.2 Å². The summed E-state index contributed by atoms with van der Waals surface area (Å²) in [6.07, 6.45) is 3.11. The van der Waals surface area contributed by atoms with Crippen LogP contribution < -0.4 is 15.2 Å². The van der Waals surface area contributed by atoms with Gasteiger partial charge in [0, 0.05) is 16.5 Å². The molecule has 94 valence electrons. The molecule has 1 heterocycles. The minimum Gasteiger partial charge on any atom is -0.493 e. The first-order valence-corrected chi connectivity index (χ1v) is 6.71. The Kier molecular flexibility index (Phi) is 3.94. The fourth-order valence-electron chi connectivity index (χ4n) is 2.20. The summed E-state index contributed by atoms with van der Waals surface area (Å²) in [5.41, 5.74) is 8.04. The topological polar surface area (TPSA) is 44.5 Å². The molecule has 2 N–H and O–H groups in total. The van der Waals surface area contributed by atoms with Crippen LogP contribution in [-0.4, -0.2) is 19.8 Å². The molecule has 17 heavy (non-hydrogen) atoms. The zero-order valence-electron chi connectivity index (χ0n) is 10.3. The number of benzene rings is 1. The highest BCUT2D eigenvalue weighted by Gasteiger charge is 2.27. The molecular formula is C13H18BrNO2. The van der Waals surface area contributed by atoms with E-state index in [0.717, 1.165) is 35.2 Å². The predicted molar refractivity (Wildman–Crippen MR) is 71.9 cm³/mol. The average Bonchev–Trinajstić information content (AvgIpc) is 2.71. The monoisotopic (exact) mass is 299 g/mol. The summed E-state index contributed by atoms with van der Waals surface area (Å²) < 4.78 is 12.4. The Hall–Kier alpha value is -0.740. The third-order valence-electron chi connectivity index (χ3n) is 3.03. The van der Waals surface area contributed by atoms with Gasteiger partial charge in [-0.3, -0.25) is 0 Å². The number of methoxy groups -OCH3 is 1. The van der Waals surface area contributed by atoms with Crippen LogP contribution in [0, 0.1) is 0 Å². The van der Waals surface area contributed by atoms with Gasteiger partial charge in [-0.05, 0) is 37.9 Å². The van der Waals surface area contributed by atoms with Crippen LogP contribution in [0.5, 0.6) is 11.5 Å². The second-order valence-corrected chi connectivity index (χ2v) is 5.18. The number of hydrogen-bond donors (Lipinski definition) is 1. The largest absolute Gasteiger partial charge is 0.493 e. The van der Waals surface area contributed by atoms with Gasteiger partial charge in [0.1, 0.15) is 6.10 Å². The maximum Gasteiger partial charge on any atom is 0.166 e. The van der Waals surface area contributed by atoms with Crippen LogP contribution >= 0.6 is 15.9 Å². The van der Waals surface area contributed by atoms with Crippen molar-refractivity contribution in [2.24, 2.45) is 5.73 Å². The van der Waals surface area contributed by atoms with E-state index >= 15 is 0 Å². The fourth-order valence-corrected chi connectivity index (χ4v) is 2.85. The molecule has 3 nitrogen and oxygen atoms in total. The maximum atomic E-state index is 5.79. The molecule has 1 unspecified atom stereocenters. The van der Waals surface area contributed by atoms with Crippen molar-refractivity contribution < 1.29 is 9.47 Å². The van der Waals surface area contributed by atoms with Gasteiger partial charge in [0.25, 0.3) is 0 Å². The zero-order chi connectivity index (χ0) is 12.4. The molecule has 0 spiro atoms. The van der Waals surface area contributed by atoms with Crippen LogP contribution in [0.4, 0.5) is 0 Å². The second-order valence-electron chi connectivity index (χ2n) is 4.38. The van der Waals surface area contributed by atoms with Crippen LogP contribution in [0.25, 0.3) is 0 Å². The van der Waals surface area contributed by atoms with Crippen LogP contribution in [0.1, 0.15) is 24.5 Å². The molecule has 0 fully saturated rings. The van der Waals surface area contributed by atoms with Crippen molar-refractivity contribution in [2.45, 2.75) is 32.3 Å². The SMILES string of the molecule is COc1cc(CCCN)c(Br)c2c1OC(C)C2. The lowest BCUT2D eigenvalue weighted by molar-refractivity contribution is 0.243. The lowest BCUT2D eigenvalue weighted by Crippen LogP contribution is -2.05. The van der Waals surface area contributed by atoms with E-state index in [-0.39, 0.29) is 6.10 Å². The number of rotatable bonds is 4. The van der Waals surface area contributed by atoms with Crippen molar-refractivity contribution in [2.75, 3.05) is 13.7 Å². The molecular weight excluding hydrogens is 282 g/mol. The van der Waals surface area contributed by atoms with Gasteiger partial charge in [-0.2, -0.15) is 0 Å². The summed E-state index contributed by atoms with van der Waals surface area (Å²) in [6, 6.07) is 2.05. The highest BCUT2D eigenvalue weighted by atomic mass is 79.9. The molecule has 2 rings (SSSR count). The Morgan fingerprint density at radius 1 is 1.59 bits per heavy atom. The molecule has 1 aromatic carbocycles. The quantitative estimate of drug-likeness (QED) is 0.930. The van der Waals surface area contributed by atoms with E-state index in [0.29, 0.717) is 6.54 Å². The molecule has 0 saturated heterocycles. The first-order valence-electron chi connectivity index (χ1n) is 5.92. The molecule has 0 amide bonds. The smallest absolute Gasteiger partial charge is 0.166 e. The van der Waals surface area contributed by atoms with Gasteiger partial charge in [-0.1, -0.05) is 15.9 Å². The molecule has 1 atom stereocenters. The standard InChI is InChI=1S/C13H18BrNO2/c1-8-6-10-12(14)9(4-3-5-15)7-11(16-2)13(10)17-8/h7-8H,3-6,15H2,1-2H3. The number of ether oxygens (including phenoxy) is 2. The summed E-state index contributed by atoms with van der Waals surface area (Å²) in [4.78, 5) is 0. The summed E-state index contributed by atoms with van der Waals surface area (Å²) in [5.74, 6) is 1.72. The van der Waals surface area contributed by atoms with E-state index in [9.17, 15) is 0 Å². The predicted octanol–water partition coefficient (Wildman–Crippen LogP) is 2.67. The molecule has 0 aliphatic carbocycles. The minimum absolute atomic E-state index is 0.222. The van der Waals surface area contributed by atoms with Crippen LogP contribution in [0.15, 0.2) is 10.5 Å². The van der Waals surface area contributed by atoms with Gasteiger partial charge in [0.15, 0.2) is 11.5 Å². The first-order chi connectivity index (χ1) is 8.17. The Labute approximate surface area is 110 Å². The Balaban J connectivity index is 2.40. The molecule has 1 aliphatic rings.